The van der Waals surface area contributed by atoms with E-state index in [9.17, 15) is 20.1 Å². The van der Waals surface area contributed by atoms with Crippen LogP contribution in [0.3, 0.4) is 0 Å². The first-order chi connectivity index (χ1) is 15.2. The number of hydrogen-bond acceptors (Lipinski definition) is 9. The second kappa shape index (κ2) is 8.80. The Kier molecular flexibility index (Phi) is 6.24. The zero-order valence-electron chi connectivity index (χ0n) is 17.3. The van der Waals surface area contributed by atoms with Crippen molar-refractivity contribution >= 4 is 27.4 Å². The van der Waals surface area contributed by atoms with Gasteiger partial charge in [0, 0.05) is 25.6 Å². The van der Waals surface area contributed by atoms with Crippen molar-refractivity contribution in [2.45, 2.75) is 29.8 Å². The molecule has 32 heavy (non-hydrogen) atoms. The highest BCUT2D eigenvalue weighted by Gasteiger charge is 2.47. The Labute approximate surface area is 187 Å². The van der Waals surface area contributed by atoms with Crippen molar-refractivity contribution in [3.05, 3.63) is 53.5 Å². The van der Waals surface area contributed by atoms with E-state index >= 15 is 0 Å². The smallest absolute Gasteiger partial charge is 0.270 e. The van der Waals surface area contributed by atoms with Gasteiger partial charge < -0.3 is 30.7 Å². The van der Waals surface area contributed by atoms with Gasteiger partial charge in [-0.2, -0.15) is 0 Å². The maximum Gasteiger partial charge on any atom is 0.270 e. The molecule has 0 spiro atoms. The minimum Gasteiger partial charge on any atom is -0.390 e. The van der Waals surface area contributed by atoms with Crippen LogP contribution in [0.1, 0.15) is 21.6 Å². The fraction of sp³-hybridized carbons (Fsp3) is 0.450. The highest BCUT2D eigenvalue weighted by molar-refractivity contribution is 6.18. The van der Waals surface area contributed by atoms with E-state index in [0.717, 1.165) is 4.90 Å². The third-order valence-corrected chi connectivity index (χ3v) is 5.52. The molecular formula is C20H23B2N5O5. The second-order valence-electron chi connectivity index (χ2n) is 8.08. The fourth-order valence-electron chi connectivity index (χ4n) is 3.81. The molecule has 164 valence electrons. The van der Waals surface area contributed by atoms with Crippen molar-refractivity contribution in [1.29, 1.82) is 0 Å². The minimum absolute atomic E-state index is 0.00447. The number of rotatable bonds is 7. The first kappa shape index (κ1) is 22.7. The molecular weight excluding hydrogens is 412 g/mol. The monoisotopic (exact) mass is 435 g/mol. The van der Waals surface area contributed by atoms with Crippen molar-refractivity contribution in [1.82, 2.24) is 20.2 Å². The van der Waals surface area contributed by atoms with E-state index in [4.69, 9.17) is 20.4 Å². The average molecular weight is 435 g/mol. The lowest BCUT2D eigenvalue weighted by Gasteiger charge is -2.52. The summed E-state index contributed by atoms with van der Waals surface area (Å²) < 4.78 is 5.09. The molecule has 1 saturated heterocycles. The number of fused-ring (bicyclic) bond motifs is 1. The molecule has 2 aliphatic rings. The molecule has 1 amide bonds. The predicted molar refractivity (Wildman–Crippen MR) is 116 cm³/mol. The molecule has 2 aliphatic heterocycles. The Bertz CT molecular complexity index is 988. The lowest BCUT2D eigenvalue weighted by atomic mass is 9.68. The number of β-amino-alcohol motifs (C(OH)–C–C–N with tert-alkyl or cyclic N) is 1. The summed E-state index contributed by atoms with van der Waals surface area (Å²) in [5.41, 5.74) is -3.01. The number of anilines is 1. The molecule has 4 radical (unpaired) electrons. The van der Waals surface area contributed by atoms with Crippen molar-refractivity contribution in [3.63, 3.8) is 0 Å². The van der Waals surface area contributed by atoms with E-state index in [1.165, 1.54) is 12.4 Å². The Morgan fingerprint density at radius 1 is 1.28 bits per heavy atom. The van der Waals surface area contributed by atoms with Gasteiger partial charge in [0.25, 0.3) is 5.91 Å². The molecule has 12 heteroatoms. The number of carbonyl (C=O) groups excluding carboxylic acids is 1. The maximum atomic E-state index is 12.5. The summed E-state index contributed by atoms with van der Waals surface area (Å²) in [5.74, 6) is -0.0262. The first-order valence-corrected chi connectivity index (χ1v) is 10.2. The van der Waals surface area contributed by atoms with Gasteiger partial charge in [-0.3, -0.25) is 9.69 Å². The maximum absolute atomic E-state index is 12.5. The molecule has 2 aromatic rings. The molecule has 0 aliphatic carbocycles. The number of aliphatic hydroxyl groups is 3. The Morgan fingerprint density at radius 3 is 2.75 bits per heavy atom. The van der Waals surface area contributed by atoms with Crippen LogP contribution < -0.4 is 10.6 Å². The van der Waals surface area contributed by atoms with Crippen LogP contribution in [0.4, 0.5) is 5.82 Å². The first-order valence-electron chi connectivity index (χ1n) is 10.2. The number of carbonyl (C=O) groups is 1. The van der Waals surface area contributed by atoms with Crippen molar-refractivity contribution < 1.29 is 24.9 Å². The van der Waals surface area contributed by atoms with E-state index in [0.29, 0.717) is 30.2 Å². The van der Waals surface area contributed by atoms with Crippen LogP contribution in [0.15, 0.2) is 36.7 Å². The Morgan fingerprint density at radius 2 is 2.03 bits per heavy atom. The standard InChI is InChI=1S/C20H23B2N5O5/c21-19(30)6-12-3-1-2-4-15(12)20(22,31)27(19)8-14(28)7-23-18(29)16-5-17(25-11-24-16)26-13-9-32-10-13/h1-5,11,13-14,28,30-31H,6-10H2,(H,23,29)(H,24,25,26). The third kappa shape index (κ3) is 4.64. The summed E-state index contributed by atoms with van der Waals surface area (Å²) in [6.45, 7) is 0.651. The lowest BCUT2D eigenvalue weighted by Crippen LogP contribution is -2.66. The van der Waals surface area contributed by atoms with Crippen molar-refractivity contribution in [3.8, 4) is 0 Å². The van der Waals surface area contributed by atoms with Crippen LogP contribution in [0.5, 0.6) is 0 Å². The zero-order valence-corrected chi connectivity index (χ0v) is 17.3. The number of aliphatic hydroxyl groups excluding tert-OH is 1. The third-order valence-electron chi connectivity index (χ3n) is 5.52. The Balaban J connectivity index is 1.38. The van der Waals surface area contributed by atoms with E-state index in [2.05, 4.69) is 20.6 Å². The van der Waals surface area contributed by atoms with Crippen molar-refractivity contribution in [2.24, 2.45) is 0 Å². The van der Waals surface area contributed by atoms with Gasteiger partial charge in [-0.05, 0) is 11.1 Å². The summed E-state index contributed by atoms with van der Waals surface area (Å²) in [5, 5.41) is 37.7. The molecule has 1 aromatic heterocycles. The number of benzene rings is 1. The van der Waals surface area contributed by atoms with Crippen LogP contribution in [0, 0.1) is 0 Å². The summed E-state index contributed by atoms with van der Waals surface area (Å²) in [6, 6.07) is 8.43. The summed E-state index contributed by atoms with van der Waals surface area (Å²) in [7, 11) is 12.1. The molecule has 0 saturated carbocycles. The summed E-state index contributed by atoms with van der Waals surface area (Å²) in [6.07, 6.45) is 0.0762. The van der Waals surface area contributed by atoms with Gasteiger partial charge in [-0.15, -0.1) is 0 Å². The van der Waals surface area contributed by atoms with Gasteiger partial charge >= 0.3 is 0 Å². The topological polar surface area (TPSA) is 140 Å². The quantitative estimate of drug-likeness (QED) is 0.313. The largest absolute Gasteiger partial charge is 0.390 e. The van der Waals surface area contributed by atoms with Gasteiger partial charge in [-0.25, -0.2) is 9.97 Å². The highest BCUT2D eigenvalue weighted by atomic mass is 16.5. The second-order valence-corrected chi connectivity index (χ2v) is 8.08. The van der Waals surface area contributed by atoms with E-state index in [1.807, 2.05) is 0 Å². The number of nitrogens with zero attached hydrogens (tertiary/aromatic N) is 3. The van der Waals surface area contributed by atoms with E-state index in [1.54, 1.807) is 24.3 Å². The van der Waals surface area contributed by atoms with Crippen LogP contribution in [-0.4, -0.2) is 95.9 Å². The van der Waals surface area contributed by atoms with Gasteiger partial charge in [-0.1, -0.05) is 24.3 Å². The molecule has 3 unspecified atom stereocenters. The molecule has 0 bridgehead atoms. The SMILES string of the molecule is [B]C1(O)Cc2ccccc2C([B])(O)N1CC(O)CNC(=O)c1cc(NC2COC2)ncn1. The number of amides is 1. The number of nitrogens with one attached hydrogen (secondary N) is 2. The van der Waals surface area contributed by atoms with Gasteiger partial charge in [0.2, 0.25) is 0 Å². The molecule has 10 nitrogen and oxygen atoms in total. The van der Waals surface area contributed by atoms with Crippen LogP contribution in [-0.2, 0) is 16.8 Å². The predicted octanol–water partition coefficient (Wildman–Crippen LogP) is -1.98. The number of ether oxygens (including phenoxy) is 1. The van der Waals surface area contributed by atoms with Gasteiger partial charge in [0.1, 0.15) is 33.5 Å². The number of aromatic nitrogens is 2. The van der Waals surface area contributed by atoms with Crippen LogP contribution in [0.2, 0.25) is 0 Å². The Hall–Kier alpha value is -2.50. The average Bonchev–Trinajstić information content (AvgIpc) is 2.72. The lowest BCUT2D eigenvalue weighted by molar-refractivity contribution is -0.176. The molecule has 3 atom stereocenters. The molecule has 1 aromatic carbocycles. The van der Waals surface area contributed by atoms with Gasteiger partial charge in [0.05, 0.1) is 36.6 Å². The van der Waals surface area contributed by atoms with Crippen molar-refractivity contribution in [2.75, 3.05) is 31.6 Å². The van der Waals surface area contributed by atoms with Crippen LogP contribution >= 0.6 is 0 Å². The molecule has 3 heterocycles. The molecule has 4 rings (SSSR count). The zero-order chi connectivity index (χ0) is 22.9. The summed E-state index contributed by atoms with van der Waals surface area (Å²) >= 11 is 0. The fourth-order valence-corrected chi connectivity index (χ4v) is 3.81. The molecule has 5 N–H and O–H groups in total. The van der Waals surface area contributed by atoms with Gasteiger partial charge in [0.15, 0.2) is 0 Å². The minimum atomic E-state index is -2.11. The van der Waals surface area contributed by atoms with Crippen LogP contribution in [0.25, 0.3) is 0 Å². The molecule has 1 fully saturated rings. The summed E-state index contributed by atoms with van der Waals surface area (Å²) in [4.78, 5) is 21.5. The van der Waals surface area contributed by atoms with E-state index < -0.39 is 23.3 Å². The normalized spacial score (nSPS) is 26.6. The number of hydrogen-bond donors (Lipinski definition) is 5. The van der Waals surface area contributed by atoms with E-state index in [-0.39, 0.29) is 31.2 Å². The highest BCUT2D eigenvalue weighted by Crippen LogP contribution is 2.37.